The van der Waals surface area contributed by atoms with Crippen LogP contribution in [0.4, 0.5) is 0 Å². The van der Waals surface area contributed by atoms with E-state index in [1.807, 2.05) is 27.7 Å². The average molecular weight is 925 g/mol. The molecule has 0 fully saturated rings. The van der Waals surface area contributed by atoms with Gasteiger partial charge in [-0.05, 0) is 62.0 Å². The maximum atomic E-state index is 12.0. The summed E-state index contributed by atoms with van der Waals surface area (Å²) in [5, 5.41) is 30.5. The number of esters is 3. The highest BCUT2D eigenvalue weighted by molar-refractivity contribution is 6.76. The van der Waals surface area contributed by atoms with Gasteiger partial charge in [-0.15, -0.1) is 0 Å². The second-order valence-electron chi connectivity index (χ2n) is 19.3. The standard InChI is InChI=1S/C16H24O4Si.C16H22O4Si.C14H20O4Si.C2H6/c2*1-6-11-14(17)10(2)12-9-20-16(18)13(12)15(11)19-7-8-21(3,4)5;1-9-10-8-18-14(16)13(10)12(7-11(9)15)17-5-6-19(2,3)4;1-2/h17H,6-9H2,1-5H3;6,17H,1,7-9H2,2-5H3;7,15H,5-6,8H2,1-4H3;1-2H3. The summed E-state index contributed by atoms with van der Waals surface area (Å²) in [6.45, 7) is 37.8. The van der Waals surface area contributed by atoms with Gasteiger partial charge < -0.3 is 43.7 Å². The summed E-state index contributed by atoms with van der Waals surface area (Å²) in [5.41, 5.74) is 6.91. The molecule has 3 aromatic carbocycles. The van der Waals surface area contributed by atoms with Crippen molar-refractivity contribution in [3.63, 3.8) is 0 Å². The molecule has 63 heavy (non-hydrogen) atoms. The Morgan fingerprint density at radius 3 is 1.41 bits per heavy atom. The molecule has 0 aliphatic carbocycles. The van der Waals surface area contributed by atoms with Crippen molar-refractivity contribution < 1.29 is 58.1 Å². The van der Waals surface area contributed by atoms with Gasteiger partial charge in [0.25, 0.3) is 0 Å². The molecule has 15 heteroatoms. The van der Waals surface area contributed by atoms with Gasteiger partial charge in [-0.2, -0.15) is 0 Å². The molecule has 0 atom stereocenters. The summed E-state index contributed by atoms with van der Waals surface area (Å²) in [6.07, 6.45) is 2.15. The highest BCUT2D eigenvalue weighted by Crippen LogP contribution is 2.44. The SMILES string of the molecule is C=Cc1c(O)c(C)c2c(c1OCC[Si](C)(C)C)C(=O)OC2.CC.CCc1c(O)c(C)c2c(c1OCC[Si](C)(C)C)C(=O)OC2.Cc1c(O)cc(OCC[Si](C)(C)C)c2c1COC2=O. The monoisotopic (exact) mass is 924 g/mol. The Kier molecular flexibility index (Phi) is 18.2. The number of rotatable bonds is 14. The summed E-state index contributed by atoms with van der Waals surface area (Å²) >= 11 is 0. The molecule has 0 amide bonds. The number of fused-ring (bicyclic) bond motifs is 3. The second-order valence-corrected chi connectivity index (χ2v) is 36.2. The minimum atomic E-state index is -1.24. The number of aromatic hydroxyl groups is 3. The van der Waals surface area contributed by atoms with Crippen LogP contribution >= 0.6 is 0 Å². The van der Waals surface area contributed by atoms with E-state index >= 15 is 0 Å². The Morgan fingerprint density at radius 2 is 0.984 bits per heavy atom. The van der Waals surface area contributed by atoms with Crippen LogP contribution in [-0.4, -0.2) is 77.3 Å². The number of cyclic esters (lactones) is 3. The van der Waals surface area contributed by atoms with Crippen LogP contribution in [0.15, 0.2) is 12.6 Å². The lowest BCUT2D eigenvalue weighted by Crippen LogP contribution is -2.23. The maximum Gasteiger partial charge on any atom is 0.342 e. The molecule has 0 spiro atoms. The van der Waals surface area contributed by atoms with E-state index in [-0.39, 0.29) is 55.0 Å². The second kappa shape index (κ2) is 21.8. The van der Waals surface area contributed by atoms with Crippen molar-refractivity contribution in [2.45, 2.75) is 145 Å². The van der Waals surface area contributed by atoms with E-state index in [2.05, 4.69) is 65.5 Å². The number of hydrogen-bond donors (Lipinski definition) is 3. The molecule has 0 saturated heterocycles. The first-order valence-corrected chi connectivity index (χ1v) is 33.1. The summed E-state index contributed by atoms with van der Waals surface area (Å²) in [5.74, 6) is 0.785. The first-order chi connectivity index (χ1) is 29.3. The number of benzene rings is 3. The van der Waals surface area contributed by atoms with Crippen LogP contribution in [0.5, 0.6) is 34.5 Å². The predicted molar refractivity (Wildman–Crippen MR) is 258 cm³/mol. The summed E-state index contributed by atoms with van der Waals surface area (Å²) in [7, 11) is -3.63. The molecule has 3 aliphatic heterocycles. The van der Waals surface area contributed by atoms with Crippen molar-refractivity contribution in [2.24, 2.45) is 0 Å². The number of carbonyl (C=O) groups excluding carboxylic acids is 3. The van der Waals surface area contributed by atoms with E-state index in [4.69, 9.17) is 28.4 Å². The topological polar surface area (TPSA) is 167 Å². The third-order valence-corrected chi connectivity index (χ3v) is 16.0. The van der Waals surface area contributed by atoms with Crippen LogP contribution in [0.2, 0.25) is 77.1 Å². The van der Waals surface area contributed by atoms with Gasteiger partial charge in [-0.25, -0.2) is 14.4 Å². The average Bonchev–Trinajstić information content (AvgIpc) is 3.90. The van der Waals surface area contributed by atoms with Crippen molar-refractivity contribution in [3.8, 4) is 34.5 Å². The molecule has 3 N–H and O–H groups in total. The molecule has 3 aliphatic rings. The summed E-state index contributed by atoms with van der Waals surface area (Å²) in [6, 6.07) is 4.51. The van der Waals surface area contributed by atoms with E-state index in [1.54, 1.807) is 13.8 Å². The summed E-state index contributed by atoms with van der Waals surface area (Å²) < 4.78 is 32.7. The van der Waals surface area contributed by atoms with Crippen molar-refractivity contribution in [2.75, 3.05) is 19.8 Å². The fraction of sp³-hybridized carbons (Fsp3) is 0.521. The van der Waals surface area contributed by atoms with Crippen LogP contribution in [0, 0.1) is 20.8 Å². The lowest BCUT2D eigenvalue weighted by Gasteiger charge is -2.20. The first kappa shape index (κ1) is 52.6. The smallest absolute Gasteiger partial charge is 0.342 e. The zero-order chi connectivity index (χ0) is 47.8. The highest BCUT2D eigenvalue weighted by atomic mass is 28.3. The van der Waals surface area contributed by atoms with Crippen LogP contribution in [0.3, 0.4) is 0 Å². The van der Waals surface area contributed by atoms with Crippen LogP contribution in [-0.2, 0) is 40.5 Å². The minimum Gasteiger partial charge on any atom is -0.508 e. The van der Waals surface area contributed by atoms with E-state index < -0.39 is 24.2 Å². The lowest BCUT2D eigenvalue weighted by molar-refractivity contribution is 0.0523. The highest BCUT2D eigenvalue weighted by Gasteiger charge is 2.34. The fourth-order valence-corrected chi connectivity index (χ4v) is 8.96. The molecular weight excluding hydrogens is 853 g/mol. The zero-order valence-electron chi connectivity index (χ0n) is 40.4. The van der Waals surface area contributed by atoms with Crippen LogP contribution in [0.25, 0.3) is 6.08 Å². The normalized spacial score (nSPS) is 13.7. The number of carbonyl (C=O) groups is 3. The molecule has 0 bridgehead atoms. The van der Waals surface area contributed by atoms with E-state index in [0.717, 1.165) is 34.8 Å². The first-order valence-electron chi connectivity index (χ1n) is 21.9. The molecule has 3 heterocycles. The maximum absolute atomic E-state index is 12.0. The van der Waals surface area contributed by atoms with Crippen LogP contribution < -0.4 is 14.2 Å². The molecule has 0 aromatic heterocycles. The Morgan fingerprint density at radius 1 is 0.603 bits per heavy atom. The largest absolute Gasteiger partial charge is 0.508 e. The van der Waals surface area contributed by atoms with Crippen molar-refractivity contribution >= 4 is 48.2 Å². The molecule has 0 unspecified atom stereocenters. The van der Waals surface area contributed by atoms with Crippen molar-refractivity contribution in [1.82, 2.24) is 0 Å². The molecule has 12 nitrogen and oxygen atoms in total. The number of phenols is 3. The van der Waals surface area contributed by atoms with Gasteiger partial charge in [0.05, 0.1) is 25.4 Å². The van der Waals surface area contributed by atoms with E-state index in [9.17, 15) is 29.7 Å². The van der Waals surface area contributed by atoms with Gasteiger partial charge in [-0.1, -0.05) is 92.3 Å². The molecule has 348 valence electrons. The predicted octanol–water partition coefficient (Wildman–Crippen LogP) is 11.5. The van der Waals surface area contributed by atoms with Gasteiger partial charge in [0.1, 0.15) is 71.0 Å². The molecule has 0 radical (unpaired) electrons. The number of hydrogen-bond acceptors (Lipinski definition) is 12. The van der Waals surface area contributed by atoms with Gasteiger partial charge in [0, 0.05) is 52.5 Å². The van der Waals surface area contributed by atoms with Gasteiger partial charge in [0.2, 0.25) is 0 Å². The van der Waals surface area contributed by atoms with Gasteiger partial charge in [0.15, 0.2) is 0 Å². The third-order valence-electron chi connectivity index (χ3n) is 10.9. The Bertz CT molecular complexity index is 2180. The Hall–Kier alpha value is -4.74. The quantitative estimate of drug-likeness (QED) is 0.0796. The fourth-order valence-electron chi connectivity index (χ4n) is 6.81. The minimum absolute atomic E-state index is 0.116. The Labute approximate surface area is 377 Å². The van der Waals surface area contributed by atoms with Crippen molar-refractivity contribution in [1.29, 1.82) is 0 Å². The van der Waals surface area contributed by atoms with Crippen LogP contribution in [0.1, 0.15) is 96.4 Å². The van der Waals surface area contributed by atoms with E-state index in [1.165, 1.54) is 12.1 Å². The molecule has 0 saturated carbocycles. The molecule has 3 aromatic rings. The van der Waals surface area contributed by atoms with Gasteiger partial charge in [-0.3, -0.25) is 0 Å². The zero-order valence-corrected chi connectivity index (χ0v) is 43.4. The van der Waals surface area contributed by atoms with Crippen molar-refractivity contribution in [3.05, 3.63) is 73.8 Å². The molecular formula is C48H72O12Si3. The van der Waals surface area contributed by atoms with E-state index in [0.29, 0.717) is 88.0 Å². The summed E-state index contributed by atoms with van der Waals surface area (Å²) in [4.78, 5) is 35.7. The Balaban J connectivity index is 0.000000247. The third kappa shape index (κ3) is 13.2. The molecule has 6 rings (SSSR count). The number of phenolic OH excluding ortho intramolecular Hbond substituents is 3. The van der Waals surface area contributed by atoms with Gasteiger partial charge >= 0.3 is 17.9 Å². The number of ether oxygens (including phenoxy) is 6. The lowest BCUT2D eigenvalue weighted by atomic mass is 9.96.